The van der Waals surface area contributed by atoms with Gasteiger partial charge in [-0.15, -0.1) is 4.68 Å². The molecule has 3 aromatic rings. The van der Waals surface area contributed by atoms with Crippen molar-refractivity contribution in [1.29, 1.82) is 0 Å². The highest BCUT2D eigenvalue weighted by Gasteiger charge is 2.10. The number of aromatic amines is 1. The molecule has 132 valence electrons. The molecule has 0 aliphatic carbocycles. The maximum atomic E-state index is 12.5. The Morgan fingerprint density at radius 1 is 1.19 bits per heavy atom. The van der Waals surface area contributed by atoms with Gasteiger partial charge in [0, 0.05) is 5.56 Å². The number of aromatic nitrogens is 2. The first-order chi connectivity index (χ1) is 12.7. The normalized spacial score (nSPS) is 11.0. The van der Waals surface area contributed by atoms with Gasteiger partial charge in [0.1, 0.15) is 6.61 Å². The van der Waals surface area contributed by atoms with Gasteiger partial charge in [-0.3, -0.25) is 4.79 Å². The molecule has 2 aromatic carbocycles. The molecule has 1 N–H and O–H groups in total. The SMILES string of the molecule is C=CCOc1c(C=Nn2c(=O)[nH]c3ccccc3c2=O)cccc1OC. The van der Waals surface area contributed by atoms with Crippen molar-refractivity contribution in [2.75, 3.05) is 13.7 Å². The van der Waals surface area contributed by atoms with Gasteiger partial charge in [0.25, 0.3) is 5.56 Å². The van der Waals surface area contributed by atoms with E-state index in [-0.39, 0.29) is 6.61 Å². The Hall–Kier alpha value is -3.61. The fourth-order valence-corrected chi connectivity index (χ4v) is 2.47. The Morgan fingerprint density at radius 3 is 2.77 bits per heavy atom. The Morgan fingerprint density at radius 2 is 2.00 bits per heavy atom. The molecule has 0 radical (unpaired) electrons. The van der Waals surface area contributed by atoms with E-state index < -0.39 is 11.2 Å². The van der Waals surface area contributed by atoms with Gasteiger partial charge in [-0.2, -0.15) is 5.10 Å². The van der Waals surface area contributed by atoms with E-state index in [0.717, 1.165) is 4.68 Å². The van der Waals surface area contributed by atoms with Gasteiger partial charge in [0.05, 0.1) is 24.2 Å². The molecule has 26 heavy (non-hydrogen) atoms. The molecule has 0 unspecified atom stereocenters. The molecule has 0 saturated carbocycles. The Bertz CT molecular complexity index is 1100. The molecule has 7 heteroatoms. The standard InChI is InChI=1S/C19H17N3O4/c1-3-11-26-17-13(7-6-10-16(17)25-2)12-20-22-18(23)14-8-4-5-9-15(14)21-19(22)24/h3-10,12H,1,11H2,2H3,(H,21,24). The molecule has 7 nitrogen and oxygen atoms in total. The number of hydrogen-bond donors (Lipinski definition) is 1. The summed E-state index contributed by atoms with van der Waals surface area (Å²) in [6.45, 7) is 3.89. The lowest BCUT2D eigenvalue weighted by Crippen LogP contribution is -2.32. The van der Waals surface area contributed by atoms with E-state index in [1.54, 1.807) is 48.5 Å². The van der Waals surface area contributed by atoms with Crippen molar-refractivity contribution in [3.63, 3.8) is 0 Å². The third kappa shape index (κ3) is 3.27. The summed E-state index contributed by atoms with van der Waals surface area (Å²) in [6, 6.07) is 12.0. The topological polar surface area (TPSA) is 85.7 Å². The zero-order valence-corrected chi connectivity index (χ0v) is 14.1. The minimum absolute atomic E-state index is 0.276. The molecule has 0 saturated heterocycles. The first-order valence-electron chi connectivity index (χ1n) is 7.85. The maximum Gasteiger partial charge on any atom is 0.349 e. The molecule has 1 heterocycles. The number of rotatable bonds is 6. The minimum atomic E-state index is -0.624. The molecule has 0 spiro atoms. The summed E-state index contributed by atoms with van der Waals surface area (Å²) < 4.78 is 11.7. The summed E-state index contributed by atoms with van der Waals surface area (Å²) in [4.78, 5) is 27.3. The van der Waals surface area contributed by atoms with Crippen molar-refractivity contribution in [2.24, 2.45) is 5.10 Å². The Balaban J connectivity index is 2.09. The van der Waals surface area contributed by atoms with Crippen LogP contribution in [0.2, 0.25) is 0 Å². The second-order valence-electron chi connectivity index (χ2n) is 5.32. The number of ether oxygens (including phenoxy) is 2. The van der Waals surface area contributed by atoms with Crippen LogP contribution in [0, 0.1) is 0 Å². The van der Waals surface area contributed by atoms with Crippen LogP contribution in [0.25, 0.3) is 10.9 Å². The summed E-state index contributed by atoms with van der Waals surface area (Å²) in [5.74, 6) is 0.958. The van der Waals surface area contributed by atoms with Crippen molar-refractivity contribution < 1.29 is 9.47 Å². The number of hydrogen-bond acceptors (Lipinski definition) is 5. The highest BCUT2D eigenvalue weighted by molar-refractivity contribution is 5.85. The quantitative estimate of drug-likeness (QED) is 0.545. The number of nitrogens with zero attached hydrogens (tertiary/aromatic N) is 2. The molecular weight excluding hydrogens is 334 g/mol. The molecule has 0 amide bonds. The lowest BCUT2D eigenvalue weighted by Gasteiger charge is -2.11. The van der Waals surface area contributed by atoms with Crippen LogP contribution in [0.5, 0.6) is 11.5 Å². The molecule has 0 aliphatic rings. The lowest BCUT2D eigenvalue weighted by molar-refractivity contribution is 0.326. The number of benzene rings is 2. The van der Waals surface area contributed by atoms with E-state index in [9.17, 15) is 9.59 Å². The van der Waals surface area contributed by atoms with Crippen molar-refractivity contribution in [3.8, 4) is 11.5 Å². The van der Waals surface area contributed by atoms with Crippen molar-refractivity contribution in [1.82, 2.24) is 9.66 Å². The van der Waals surface area contributed by atoms with Gasteiger partial charge in [-0.1, -0.05) is 30.9 Å². The smallest absolute Gasteiger partial charge is 0.349 e. The molecule has 3 rings (SSSR count). The second-order valence-corrected chi connectivity index (χ2v) is 5.32. The van der Waals surface area contributed by atoms with Crippen LogP contribution in [0.15, 0.2) is 69.8 Å². The zero-order chi connectivity index (χ0) is 18.5. The predicted octanol–water partition coefficient (Wildman–Crippen LogP) is 2.15. The summed E-state index contributed by atoms with van der Waals surface area (Å²) in [6.07, 6.45) is 2.98. The van der Waals surface area contributed by atoms with Gasteiger partial charge in [-0.05, 0) is 24.3 Å². The average molecular weight is 351 g/mol. The molecule has 1 aromatic heterocycles. The van der Waals surface area contributed by atoms with Crippen LogP contribution in [0.4, 0.5) is 0 Å². The van der Waals surface area contributed by atoms with Gasteiger partial charge in [0.2, 0.25) is 0 Å². The van der Waals surface area contributed by atoms with Crippen molar-refractivity contribution in [3.05, 3.63) is 81.5 Å². The van der Waals surface area contributed by atoms with E-state index in [1.807, 2.05) is 0 Å². The summed E-state index contributed by atoms with van der Waals surface area (Å²) >= 11 is 0. The van der Waals surface area contributed by atoms with Gasteiger partial charge < -0.3 is 14.5 Å². The third-order valence-electron chi connectivity index (χ3n) is 3.67. The van der Waals surface area contributed by atoms with E-state index in [2.05, 4.69) is 16.7 Å². The van der Waals surface area contributed by atoms with E-state index in [1.165, 1.54) is 13.3 Å². The van der Waals surface area contributed by atoms with Gasteiger partial charge >= 0.3 is 5.69 Å². The minimum Gasteiger partial charge on any atom is -0.493 e. The first-order valence-corrected chi connectivity index (χ1v) is 7.85. The highest BCUT2D eigenvalue weighted by atomic mass is 16.5. The Labute approximate surface area is 148 Å². The van der Waals surface area contributed by atoms with Crippen LogP contribution in [0.1, 0.15) is 5.56 Å². The highest BCUT2D eigenvalue weighted by Crippen LogP contribution is 2.30. The number of nitrogens with one attached hydrogen (secondary N) is 1. The maximum absolute atomic E-state index is 12.5. The second kappa shape index (κ2) is 7.52. The van der Waals surface area contributed by atoms with Gasteiger partial charge in [-0.25, -0.2) is 4.79 Å². The van der Waals surface area contributed by atoms with E-state index >= 15 is 0 Å². The van der Waals surface area contributed by atoms with Crippen molar-refractivity contribution in [2.45, 2.75) is 0 Å². The van der Waals surface area contributed by atoms with Crippen LogP contribution in [-0.2, 0) is 0 Å². The molecular formula is C19H17N3O4. The number of para-hydroxylation sites is 2. The summed E-state index contributed by atoms with van der Waals surface area (Å²) in [7, 11) is 1.52. The molecule has 0 atom stereocenters. The fraction of sp³-hybridized carbons (Fsp3) is 0.105. The van der Waals surface area contributed by atoms with Crippen LogP contribution >= 0.6 is 0 Å². The van der Waals surface area contributed by atoms with Crippen LogP contribution in [0.3, 0.4) is 0 Å². The monoisotopic (exact) mass is 351 g/mol. The molecule has 0 bridgehead atoms. The largest absolute Gasteiger partial charge is 0.493 e. The zero-order valence-electron chi connectivity index (χ0n) is 14.1. The molecule has 0 fully saturated rings. The first kappa shape index (κ1) is 17.2. The number of H-pyrrole nitrogens is 1. The van der Waals surface area contributed by atoms with E-state index in [4.69, 9.17) is 9.47 Å². The summed E-state index contributed by atoms with van der Waals surface area (Å²) in [5, 5.41) is 4.42. The molecule has 0 aliphatic heterocycles. The summed E-state index contributed by atoms with van der Waals surface area (Å²) in [5.41, 5.74) is -0.102. The fourth-order valence-electron chi connectivity index (χ4n) is 2.47. The van der Waals surface area contributed by atoms with Gasteiger partial charge in [0.15, 0.2) is 11.5 Å². The Kier molecular flexibility index (Phi) is 4.98. The van der Waals surface area contributed by atoms with Crippen molar-refractivity contribution >= 4 is 17.1 Å². The number of fused-ring (bicyclic) bond motifs is 1. The number of methoxy groups -OCH3 is 1. The van der Waals surface area contributed by atoms with Crippen LogP contribution < -0.4 is 20.7 Å². The predicted molar refractivity (Wildman–Crippen MR) is 101 cm³/mol. The lowest BCUT2D eigenvalue weighted by atomic mass is 10.2. The average Bonchev–Trinajstić information content (AvgIpc) is 2.66. The van der Waals surface area contributed by atoms with Crippen LogP contribution in [-0.4, -0.2) is 29.6 Å². The third-order valence-corrected chi connectivity index (χ3v) is 3.67. The van der Waals surface area contributed by atoms with E-state index in [0.29, 0.717) is 28.0 Å².